The highest BCUT2D eigenvalue weighted by Crippen LogP contribution is 2.71. The van der Waals surface area contributed by atoms with Gasteiger partial charge in [0.05, 0.1) is 25.4 Å². The Hall–Kier alpha value is -0.420. The average Bonchev–Trinajstić information content (AvgIpc) is 3.13. The van der Waals surface area contributed by atoms with E-state index >= 15 is 0 Å². The lowest BCUT2D eigenvalue weighted by Crippen LogP contribution is -2.64. The summed E-state index contributed by atoms with van der Waals surface area (Å²) in [6.07, 6.45) is 4.00. The fourth-order valence-electron chi connectivity index (χ4n) is 5.02. The molecule has 19 heavy (non-hydrogen) atoms. The highest BCUT2D eigenvalue weighted by atomic mass is 16.6. The summed E-state index contributed by atoms with van der Waals surface area (Å²) in [6, 6.07) is 0. The number of allylic oxidation sites excluding steroid dienone is 1. The molecule has 2 N–H and O–H groups in total. The number of aliphatic hydroxyl groups is 2. The normalized spacial score (nSPS) is 58.9. The van der Waals surface area contributed by atoms with Crippen molar-refractivity contribution in [2.24, 2.45) is 10.8 Å². The van der Waals surface area contributed by atoms with Crippen molar-refractivity contribution in [1.29, 1.82) is 0 Å². The topological polar surface area (TPSA) is 62.2 Å². The van der Waals surface area contributed by atoms with Crippen LogP contribution in [0.2, 0.25) is 0 Å². The van der Waals surface area contributed by atoms with Gasteiger partial charge in [-0.15, -0.1) is 0 Å². The Morgan fingerprint density at radius 1 is 1.47 bits per heavy atom. The number of hydrogen-bond acceptors (Lipinski definition) is 4. The molecule has 2 bridgehead atoms. The van der Waals surface area contributed by atoms with Crippen LogP contribution in [0.3, 0.4) is 0 Å². The molecule has 2 aliphatic carbocycles. The summed E-state index contributed by atoms with van der Waals surface area (Å²) >= 11 is 0. The van der Waals surface area contributed by atoms with Gasteiger partial charge in [-0.3, -0.25) is 0 Å². The molecule has 0 aromatic heterocycles. The Morgan fingerprint density at radius 2 is 2.21 bits per heavy atom. The molecule has 4 heteroatoms. The molecule has 0 amide bonds. The van der Waals surface area contributed by atoms with Crippen LogP contribution in [0, 0.1) is 10.8 Å². The minimum Gasteiger partial charge on any atom is -0.396 e. The maximum absolute atomic E-state index is 10.4. The first-order valence-electron chi connectivity index (χ1n) is 7.25. The second kappa shape index (κ2) is 3.42. The van der Waals surface area contributed by atoms with E-state index in [-0.39, 0.29) is 29.6 Å². The second-order valence-corrected chi connectivity index (χ2v) is 7.10. The van der Waals surface area contributed by atoms with Crippen LogP contribution in [0.5, 0.6) is 0 Å². The molecule has 1 unspecified atom stereocenters. The third-order valence-corrected chi connectivity index (χ3v) is 6.39. The average molecular weight is 266 g/mol. The lowest BCUT2D eigenvalue weighted by atomic mass is 9.52. The Kier molecular flexibility index (Phi) is 2.22. The molecular formula is C15H22O4. The van der Waals surface area contributed by atoms with E-state index < -0.39 is 11.7 Å². The minimum absolute atomic E-state index is 0.00891. The summed E-state index contributed by atoms with van der Waals surface area (Å²) in [5, 5.41) is 20.5. The van der Waals surface area contributed by atoms with Crippen LogP contribution in [-0.2, 0) is 9.47 Å². The van der Waals surface area contributed by atoms with Gasteiger partial charge in [-0.05, 0) is 26.2 Å². The van der Waals surface area contributed by atoms with E-state index in [0.29, 0.717) is 13.0 Å². The monoisotopic (exact) mass is 266 g/mol. The van der Waals surface area contributed by atoms with E-state index in [0.717, 1.165) is 12.8 Å². The van der Waals surface area contributed by atoms with Gasteiger partial charge < -0.3 is 19.7 Å². The van der Waals surface area contributed by atoms with Crippen molar-refractivity contribution in [2.45, 2.75) is 57.0 Å². The third kappa shape index (κ3) is 1.16. The second-order valence-electron chi connectivity index (χ2n) is 7.10. The molecule has 0 aromatic carbocycles. The molecular weight excluding hydrogens is 244 g/mol. The summed E-state index contributed by atoms with van der Waals surface area (Å²) in [4.78, 5) is 0. The third-order valence-electron chi connectivity index (χ3n) is 6.39. The summed E-state index contributed by atoms with van der Waals surface area (Å²) in [5.74, 6) is 0. The Balaban J connectivity index is 1.88. The van der Waals surface area contributed by atoms with Crippen LogP contribution >= 0.6 is 0 Å². The number of ether oxygens (including phenoxy) is 2. The largest absolute Gasteiger partial charge is 0.396 e. The quantitative estimate of drug-likeness (QED) is 0.549. The van der Waals surface area contributed by atoms with Gasteiger partial charge in [-0.1, -0.05) is 18.6 Å². The molecule has 1 saturated carbocycles. The van der Waals surface area contributed by atoms with Gasteiger partial charge >= 0.3 is 0 Å². The smallest absolute Gasteiger partial charge is 0.129 e. The molecule has 3 fully saturated rings. The van der Waals surface area contributed by atoms with Gasteiger partial charge in [0.2, 0.25) is 0 Å². The van der Waals surface area contributed by atoms with Gasteiger partial charge in [0.1, 0.15) is 11.7 Å². The fraction of sp³-hybridized carbons (Fsp3) is 0.867. The molecule has 2 heterocycles. The standard InChI is InChI=1S/C15H22O4/c1-9-3-4-13(2)11(5-9)19-12-10(17)6-14(13,7-16)15(12)8-18-15/h5,10-12,16-17H,3-4,6-8H2,1-2H3/t10-,11-,12-,13+,14+,15?/m1/s1. The highest BCUT2D eigenvalue weighted by Gasteiger charge is 2.81. The van der Waals surface area contributed by atoms with Crippen molar-refractivity contribution in [2.75, 3.05) is 13.2 Å². The zero-order valence-electron chi connectivity index (χ0n) is 11.6. The van der Waals surface area contributed by atoms with Gasteiger partial charge in [0.15, 0.2) is 0 Å². The zero-order chi connectivity index (χ0) is 13.5. The highest BCUT2D eigenvalue weighted by molar-refractivity contribution is 5.32. The van der Waals surface area contributed by atoms with E-state index in [1.807, 2.05) is 0 Å². The zero-order valence-corrected chi connectivity index (χ0v) is 11.6. The Bertz CT molecular complexity index is 455. The maximum Gasteiger partial charge on any atom is 0.129 e. The summed E-state index contributed by atoms with van der Waals surface area (Å²) in [5.41, 5.74) is 0.402. The summed E-state index contributed by atoms with van der Waals surface area (Å²) in [6.45, 7) is 5.02. The van der Waals surface area contributed by atoms with Gasteiger partial charge in [0.25, 0.3) is 0 Å². The van der Waals surface area contributed by atoms with Crippen molar-refractivity contribution in [3.63, 3.8) is 0 Å². The number of aliphatic hydroxyl groups excluding tert-OH is 2. The summed E-state index contributed by atoms with van der Waals surface area (Å²) < 4.78 is 12.0. The first-order valence-corrected chi connectivity index (χ1v) is 7.25. The molecule has 4 rings (SSSR count). The molecule has 0 aromatic rings. The Morgan fingerprint density at radius 3 is 2.84 bits per heavy atom. The minimum atomic E-state index is -0.522. The number of epoxide rings is 1. The van der Waals surface area contributed by atoms with E-state index in [1.165, 1.54) is 5.57 Å². The Labute approximate surface area is 113 Å². The van der Waals surface area contributed by atoms with Gasteiger partial charge in [-0.2, -0.15) is 0 Å². The SMILES string of the molecule is CC1=C[C@H]2O[C@@H]3[C@H](O)C[C@@](CO)(C34CO4)[C@@]2(C)CC1. The van der Waals surface area contributed by atoms with Crippen molar-refractivity contribution in [3.05, 3.63) is 11.6 Å². The van der Waals surface area contributed by atoms with E-state index in [2.05, 4.69) is 19.9 Å². The molecule has 6 atom stereocenters. The van der Waals surface area contributed by atoms with Crippen LogP contribution in [0.4, 0.5) is 0 Å². The lowest BCUT2D eigenvalue weighted by Gasteiger charge is -2.57. The first-order chi connectivity index (χ1) is 8.99. The van der Waals surface area contributed by atoms with Crippen molar-refractivity contribution in [3.8, 4) is 0 Å². The van der Waals surface area contributed by atoms with E-state index in [1.54, 1.807) is 0 Å². The van der Waals surface area contributed by atoms with E-state index in [4.69, 9.17) is 9.47 Å². The molecule has 4 nitrogen and oxygen atoms in total. The van der Waals surface area contributed by atoms with Crippen LogP contribution < -0.4 is 0 Å². The van der Waals surface area contributed by atoms with Crippen molar-refractivity contribution in [1.82, 2.24) is 0 Å². The molecule has 1 spiro atoms. The number of rotatable bonds is 1. The van der Waals surface area contributed by atoms with Gasteiger partial charge in [-0.25, -0.2) is 0 Å². The van der Waals surface area contributed by atoms with Gasteiger partial charge in [0, 0.05) is 10.8 Å². The number of fused-ring (bicyclic) bond motifs is 2. The van der Waals surface area contributed by atoms with Crippen LogP contribution in [-0.4, -0.2) is 47.3 Å². The summed E-state index contributed by atoms with van der Waals surface area (Å²) in [7, 11) is 0. The molecule has 2 aliphatic heterocycles. The molecule has 2 saturated heterocycles. The van der Waals surface area contributed by atoms with Crippen LogP contribution in [0.15, 0.2) is 11.6 Å². The predicted molar refractivity (Wildman–Crippen MR) is 68.6 cm³/mol. The predicted octanol–water partition coefficient (Wildman–Crippen LogP) is 1.01. The molecule has 0 radical (unpaired) electrons. The lowest BCUT2D eigenvalue weighted by molar-refractivity contribution is -0.213. The van der Waals surface area contributed by atoms with Crippen LogP contribution in [0.1, 0.15) is 33.1 Å². The number of hydrogen-bond donors (Lipinski definition) is 2. The first kappa shape index (κ1) is 12.3. The fourth-order valence-corrected chi connectivity index (χ4v) is 5.02. The van der Waals surface area contributed by atoms with Crippen molar-refractivity contribution >= 4 is 0 Å². The van der Waals surface area contributed by atoms with Crippen molar-refractivity contribution < 1.29 is 19.7 Å². The molecule has 106 valence electrons. The van der Waals surface area contributed by atoms with E-state index in [9.17, 15) is 10.2 Å². The maximum atomic E-state index is 10.4. The molecule has 4 aliphatic rings. The van der Waals surface area contributed by atoms with Crippen LogP contribution in [0.25, 0.3) is 0 Å².